The molecule has 0 radical (unpaired) electrons. The van der Waals surface area contributed by atoms with Gasteiger partial charge in [-0.3, -0.25) is 9.59 Å². The molecule has 0 saturated heterocycles. The predicted molar refractivity (Wildman–Crippen MR) is 54.0 cm³/mol. The second-order valence-corrected chi connectivity index (χ2v) is 4.57. The van der Waals surface area contributed by atoms with Gasteiger partial charge in [0.1, 0.15) is 0 Å². The second kappa shape index (κ2) is 3.36. The van der Waals surface area contributed by atoms with Crippen LogP contribution in [-0.2, 0) is 9.59 Å². The van der Waals surface area contributed by atoms with Gasteiger partial charge >= 0.3 is 5.97 Å². The molecule has 4 atom stereocenters. The molecule has 0 unspecified atom stereocenters. The van der Waals surface area contributed by atoms with Gasteiger partial charge in [-0.25, -0.2) is 0 Å². The normalized spacial score (nSPS) is 36.9. The lowest BCUT2D eigenvalue weighted by molar-refractivity contribution is -0.150. The molecule has 2 aliphatic rings. The summed E-state index contributed by atoms with van der Waals surface area (Å²) < 4.78 is 0. The minimum absolute atomic E-state index is 0.0563. The molecule has 1 N–H and O–H groups in total. The number of fused-ring (bicyclic) bond motifs is 2. The van der Waals surface area contributed by atoms with Gasteiger partial charge in [0.15, 0.2) is 0 Å². The highest BCUT2D eigenvalue weighted by Gasteiger charge is 2.51. The van der Waals surface area contributed by atoms with Crippen molar-refractivity contribution in [3.05, 3.63) is 12.2 Å². The molecule has 0 spiro atoms. The van der Waals surface area contributed by atoms with Gasteiger partial charge in [0.2, 0.25) is 5.91 Å². The lowest BCUT2D eigenvalue weighted by Crippen LogP contribution is -2.39. The summed E-state index contributed by atoms with van der Waals surface area (Å²) in [5.74, 6) is -1.58. The Balaban J connectivity index is 2.27. The van der Waals surface area contributed by atoms with Crippen molar-refractivity contribution in [3.63, 3.8) is 0 Å². The fourth-order valence-corrected chi connectivity index (χ4v) is 2.79. The highest BCUT2D eigenvalue weighted by molar-refractivity contribution is 5.86. The van der Waals surface area contributed by atoms with Crippen molar-refractivity contribution < 1.29 is 14.7 Å². The van der Waals surface area contributed by atoms with Gasteiger partial charge in [0.25, 0.3) is 0 Å². The van der Waals surface area contributed by atoms with E-state index >= 15 is 0 Å². The number of rotatable bonds is 2. The first-order valence-corrected chi connectivity index (χ1v) is 5.14. The molecule has 0 aliphatic heterocycles. The highest BCUT2D eigenvalue weighted by Crippen LogP contribution is 2.48. The third-order valence-electron chi connectivity index (χ3n) is 3.47. The molecule has 82 valence electrons. The predicted octanol–water partition coefficient (Wildman–Crippen LogP) is 0.597. The van der Waals surface area contributed by atoms with Gasteiger partial charge in [-0.2, -0.15) is 0 Å². The summed E-state index contributed by atoms with van der Waals surface area (Å²) in [6.07, 6.45) is 4.76. The van der Waals surface area contributed by atoms with Gasteiger partial charge in [0, 0.05) is 14.1 Å². The highest BCUT2D eigenvalue weighted by atomic mass is 16.4. The summed E-state index contributed by atoms with van der Waals surface area (Å²) >= 11 is 0. The molecule has 0 aromatic carbocycles. The van der Waals surface area contributed by atoms with Gasteiger partial charge in [-0.15, -0.1) is 0 Å². The first kappa shape index (κ1) is 10.2. The van der Waals surface area contributed by atoms with Crippen molar-refractivity contribution in [2.75, 3.05) is 14.1 Å². The summed E-state index contributed by atoms with van der Waals surface area (Å²) in [7, 11) is 3.36. The van der Waals surface area contributed by atoms with E-state index in [1.165, 1.54) is 4.90 Å². The van der Waals surface area contributed by atoms with Crippen molar-refractivity contribution >= 4 is 11.9 Å². The number of amides is 1. The molecule has 1 saturated carbocycles. The number of hydrogen-bond acceptors (Lipinski definition) is 2. The first-order chi connectivity index (χ1) is 7.02. The van der Waals surface area contributed by atoms with Gasteiger partial charge in [0.05, 0.1) is 11.8 Å². The van der Waals surface area contributed by atoms with Crippen LogP contribution >= 0.6 is 0 Å². The van der Waals surface area contributed by atoms with Crippen LogP contribution in [0.3, 0.4) is 0 Å². The maximum atomic E-state index is 11.9. The van der Waals surface area contributed by atoms with E-state index in [1.807, 2.05) is 12.2 Å². The molecule has 0 aromatic rings. The number of nitrogens with zero attached hydrogens (tertiary/aromatic N) is 1. The van der Waals surface area contributed by atoms with E-state index in [2.05, 4.69) is 0 Å². The Kier molecular flexibility index (Phi) is 2.29. The van der Waals surface area contributed by atoms with Gasteiger partial charge in [-0.1, -0.05) is 12.2 Å². The van der Waals surface area contributed by atoms with E-state index in [9.17, 15) is 9.59 Å². The maximum Gasteiger partial charge on any atom is 0.307 e. The standard InChI is InChI=1S/C11H15NO3/c1-12(2)10(13)8-6-3-4-7(5-6)9(8)11(14)15/h3-4,6-9H,5H2,1-2H3,(H,14,15)/t6-,7-,8-,9+/m0/s1. The second-order valence-electron chi connectivity index (χ2n) is 4.57. The van der Waals surface area contributed by atoms with Crippen molar-refractivity contribution in [2.45, 2.75) is 6.42 Å². The van der Waals surface area contributed by atoms with Crippen LogP contribution in [0.4, 0.5) is 0 Å². The summed E-state index contributed by atoms with van der Waals surface area (Å²) in [5.41, 5.74) is 0. The number of carbonyl (C=O) groups excluding carboxylic acids is 1. The molecule has 4 heteroatoms. The summed E-state index contributed by atoms with van der Waals surface area (Å²) in [6, 6.07) is 0. The zero-order chi connectivity index (χ0) is 11.2. The van der Waals surface area contributed by atoms with Crippen LogP contribution < -0.4 is 0 Å². The average molecular weight is 209 g/mol. The molecule has 2 rings (SSSR count). The van der Waals surface area contributed by atoms with Crippen molar-refractivity contribution in [3.8, 4) is 0 Å². The molecule has 1 amide bonds. The molecule has 0 aromatic heterocycles. The molecule has 1 fully saturated rings. The number of carboxylic acids is 1. The number of carboxylic acid groups (broad SMARTS) is 1. The van der Waals surface area contributed by atoms with Gasteiger partial charge < -0.3 is 10.0 Å². The summed E-state index contributed by atoms with van der Waals surface area (Å²) in [5, 5.41) is 9.13. The van der Waals surface area contributed by atoms with Crippen LogP contribution in [0.25, 0.3) is 0 Å². The molecule has 2 bridgehead atoms. The van der Waals surface area contributed by atoms with Crippen LogP contribution in [0.1, 0.15) is 6.42 Å². The van der Waals surface area contributed by atoms with E-state index in [0.717, 1.165) is 6.42 Å². The average Bonchev–Trinajstić information content (AvgIpc) is 2.74. The SMILES string of the molecule is CN(C)C(=O)[C@@H]1[C@H](C(=O)O)[C@H]2C=C[C@H]1C2. The molecule has 15 heavy (non-hydrogen) atoms. The summed E-state index contributed by atoms with van der Waals surface area (Å²) in [6.45, 7) is 0. The Labute approximate surface area is 88.6 Å². The fourth-order valence-electron chi connectivity index (χ4n) is 2.79. The molecule has 2 aliphatic carbocycles. The van der Waals surface area contributed by atoms with Crippen LogP contribution in [0.2, 0.25) is 0 Å². The lowest BCUT2D eigenvalue weighted by atomic mass is 9.82. The van der Waals surface area contributed by atoms with Crippen LogP contribution in [0.15, 0.2) is 12.2 Å². The fraction of sp³-hybridized carbons (Fsp3) is 0.636. The maximum absolute atomic E-state index is 11.9. The number of allylic oxidation sites excluding steroid dienone is 2. The Morgan fingerprint density at radius 1 is 1.20 bits per heavy atom. The minimum atomic E-state index is -0.841. The van der Waals surface area contributed by atoms with Crippen LogP contribution in [0, 0.1) is 23.7 Å². The molecule has 0 heterocycles. The van der Waals surface area contributed by atoms with E-state index in [-0.39, 0.29) is 23.7 Å². The topological polar surface area (TPSA) is 57.6 Å². The van der Waals surface area contributed by atoms with E-state index in [0.29, 0.717) is 0 Å². The molecule has 4 nitrogen and oxygen atoms in total. The van der Waals surface area contributed by atoms with E-state index in [4.69, 9.17) is 5.11 Å². The largest absolute Gasteiger partial charge is 0.481 e. The number of carbonyl (C=O) groups is 2. The Morgan fingerprint density at radius 2 is 1.73 bits per heavy atom. The third kappa shape index (κ3) is 1.44. The zero-order valence-corrected chi connectivity index (χ0v) is 8.88. The van der Waals surface area contributed by atoms with E-state index in [1.54, 1.807) is 14.1 Å². The lowest BCUT2D eigenvalue weighted by Gasteiger charge is -2.26. The number of aliphatic carboxylic acids is 1. The Bertz CT molecular complexity index is 335. The van der Waals surface area contributed by atoms with Crippen molar-refractivity contribution in [1.29, 1.82) is 0 Å². The Morgan fingerprint density at radius 3 is 2.20 bits per heavy atom. The van der Waals surface area contributed by atoms with Crippen molar-refractivity contribution in [1.82, 2.24) is 4.90 Å². The smallest absolute Gasteiger partial charge is 0.307 e. The molecular formula is C11H15NO3. The zero-order valence-electron chi connectivity index (χ0n) is 8.88. The monoisotopic (exact) mass is 209 g/mol. The minimum Gasteiger partial charge on any atom is -0.481 e. The summed E-state index contributed by atoms with van der Waals surface area (Å²) in [4.78, 5) is 24.5. The Hall–Kier alpha value is -1.32. The third-order valence-corrected chi connectivity index (χ3v) is 3.47. The first-order valence-electron chi connectivity index (χ1n) is 5.14. The van der Waals surface area contributed by atoms with Crippen LogP contribution in [-0.4, -0.2) is 36.0 Å². The van der Waals surface area contributed by atoms with Crippen LogP contribution in [0.5, 0.6) is 0 Å². The van der Waals surface area contributed by atoms with Crippen molar-refractivity contribution in [2.24, 2.45) is 23.7 Å². The van der Waals surface area contributed by atoms with E-state index < -0.39 is 11.9 Å². The quantitative estimate of drug-likeness (QED) is 0.677. The van der Waals surface area contributed by atoms with Gasteiger partial charge in [-0.05, 0) is 18.3 Å². The number of hydrogen-bond donors (Lipinski definition) is 1. The molecular weight excluding hydrogens is 194 g/mol.